The number of allylic oxidation sites excluding steroid dienone is 1. The van der Waals surface area contributed by atoms with Crippen molar-refractivity contribution >= 4 is 8.07 Å². The predicted octanol–water partition coefficient (Wildman–Crippen LogP) is 10.9. The Labute approximate surface area is 241 Å². The minimum atomic E-state index is -1.11. The van der Waals surface area contributed by atoms with E-state index < -0.39 is 8.07 Å². The molecule has 0 heterocycles. The molecule has 2 aromatic rings. The molecule has 210 valence electrons. The van der Waals surface area contributed by atoms with Gasteiger partial charge in [-0.3, -0.25) is 0 Å². The van der Waals surface area contributed by atoms with Crippen molar-refractivity contribution < 1.29 is 0 Å². The van der Waals surface area contributed by atoms with Crippen LogP contribution in [-0.2, 0) is 5.41 Å². The van der Waals surface area contributed by atoms with E-state index in [9.17, 15) is 0 Å². The number of rotatable bonds is 8. The van der Waals surface area contributed by atoms with Gasteiger partial charge in [0.05, 0.1) is 0 Å². The van der Waals surface area contributed by atoms with Gasteiger partial charge in [-0.15, -0.1) is 6.58 Å². The summed E-state index contributed by atoms with van der Waals surface area (Å²) in [7, 11) is -1.11. The third kappa shape index (κ3) is 5.27. The third-order valence-corrected chi connectivity index (χ3v) is 13.4. The molecule has 6 unspecified atom stereocenters. The fourth-order valence-electron chi connectivity index (χ4n) is 11.0. The van der Waals surface area contributed by atoms with Crippen molar-refractivity contribution in [2.45, 2.75) is 108 Å². The molecule has 4 aliphatic rings. The van der Waals surface area contributed by atoms with Crippen molar-refractivity contribution in [3.63, 3.8) is 0 Å². The molecule has 4 fully saturated rings. The molecular formula is C38H54Si. The molecule has 0 saturated heterocycles. The standard InChI is InChI=1S/C38H54Si/c1-28(27-39(2,3)4)25-29-23-24-32(26-29)38(30-15-7-5-8-16-30,31-17-9-6-10-18-31)37-35-21-13-11-19-33(35)34-20-12-14-22-36(34)37/h5-10,15-18,29,32-37H,1,11-14,19-27H2,2-4H3. The number of hydrogen-bond acceptors (Lipinski definition) is 0. The quantitative estimate of drug-likeness (QED) is 0.231. The molecule has 0 amide bonds. The van der Waals surface area contributed by atoms with E-state index in [2.05, 4.69) is 86.9 Å². The van der Waals surface area contributed by atoms with Gasteiger partial charge in [0, 0.05) is 13.5 Å². The zero-order chi connectivity index (χ0) is 27.0. The fraction of sp³-hybridized carbons (Fsp3) is 0.632. The molecule has 0 aromatic heterocycles. The van der Waals surface area contributed by atoms with Crippen molar-refractivity contribution in [2.75, 3.05) is 0 Å². The Morgan fingerprint density at radius 1 is 0.692 bits per heavy atom. The normalized spacial score (nSPS) is 32.9. The molecule has 0 nitrogen and oxygen atoms in total. The molecule has 0 radical (unpaired) electrons. The van der Waals surface area contributed by atoms with Gasteiger partial charge < -0.3 is 0 Å². The molecule has 0 aliphatic heterocycles. The summed E-state index contributed by atoms with van der Waals surface area (Å²) in [5.74, 6) is 6.13. The van der Waals surface area contributed by atoms with E-state index in [0.29, 0.717) is 0 Å². The first kappa shape index (κ1) is 27.6. The fourth-order valence-corrected chi connectivity index (χ4v) is 12.6. The summed E-state index contributed by atoms with van der Waals surface area (Å²) < 4.78 is 0. The Hall–Kier alpha value is -1.60. The second kappa shape index (κ2) is 11.3. The first-order valence-corrected chi connectivity index (χ1v) is 20.4. The van der Waals surface area contributed by atoms with E-state index in [4.69, 9.17) is 0 Å². The van der Waals surface area contributed by atoms with Crippen LogP contribution >= 0.6 is 0 Å². The number of fused-ring (bicyclic) bond motifs is 3. The number of benzene rings is 2. The summed E-state index contributed by atoms with van der Waals surface area (Å²) in [4.78, 5) is 0. The molecule has 4 aliphatic carbocycles. The van der Waals surface area contributed by atoms with Crippen LogP contribution in [-0.4, -0.2) is 8.07 Å². The van der Waals surface area contributed by atoms with Crippen LogP contribution in [0.1, 0.15) is 88.2 Å². The van der Waals surface area contributed by atoms with Crippen LogP contribution in [0, 0.1) is 41.4 Å². The van der Waals surface area contributed by atoms with Gasteiger partial charge in [0.2, 0.25) is 0 Å². The number of hydrogen-bond donors (Lipinski definition) is 0. The van der Waals surface area contributed by atoms with Gasteiger partial charge in [-0.05, 0) is 110 Å². The minimum Gasteiger partial charge on any atom is -0.100 e. The van der Waals surface area contributed by atoms with Crippen molar-refractivity contribution in [1.82, 2.24) is 0 Å². The Bertz CT molecular complexity index is 1030. The maximum absolute atomic E-state index is 4.63. The summed E-state index contributed by atoms with van der Waals surface area (Å²) in [6.07, 6.45) is 17.3. The SMILES string of the molecule is C=C(CC1CCC(C(c2ccccc2)(c2ccccc2)C2C3CCCCC3C3CCCCC32)C1)C[Si](C)(C)C. The van der Waals surface area contributed by atoms with Gasteiger partial charge in [-0.2, -0.15) is 0 Å². The zero-order valence-corrected chi connectivity index (χ0v) is 26.2. The summed E-state index contributed by atoms with van der Waals surface area (Å²) in [5.41, 5.74) is 4.98. The second-order valence-electron chi connectivity index (χ2n) is 15.4. The lowest BCUT2D eigenvalue weighted by Gasteiger charge is -2.51. The highest BCUT2D eigenvalue weighted by Gasteiger charge is 2.61. The van der Waals surface area contributed by atoms with Crippen LogP contribution in [0.15, 0.2) is 72.8 Å². The molecule has 0 bridgehead atoms. The van der Waals surface area contributed by atoms with Gasteiger partial charge in [-0.1, -0.05) is 112 Å². The lowest BCUT2D eigenvalue weighted by Crippen LogP contribution is -2.48. The van der Waals surface area contributed by atoms with Crippen molar-refractivity contribution in [2.24, 2.45) is 41.4 Å². The van der Waals surface area contributed by atoms with Crippen LogP contribution in [0.2, 0.25) is 25.7 Å². The lowest BCUT2D eigenvalue weighted by atomic mass is 9.52. The van der Waals surface area contributed by atoms with E-state index in [-0.39, 0.29) is 5.41 Å². The van der Waals surface area contributed by atoms with E-state index in [1.807, 2.05) is 0 Å². The van der Waals surface area contributed by atoms with Gasteiger partial charge >= 0.3 is 0 Å². The highest BCUT2D eigenvalue weighted by Crippen LogP contribution is 2.67. The van der Waals surface area contributed by atoms with E-state index in [1.165, 1.54) is 83.1 Å². The Morgan fingerprint density at radius 3 is 1.67 bits per heavy atom. The average molecular weight is 539 g/mol. The van der Waals surface area contributed by atoms with Gasteiger partial charge in [-0.25, -0.2) is 0 Å². The third-order valence-electron chi connectivity index (χ3n) is 11.8. The van der Waals surface area contributed by atoms with Crippen LogP contribution in [0.25, 0.3) is 0 Å². The maximum atomic E-state index is 4.63. The van der Waals surface area contributed by atoms with E-state index in [1.54, 1.807) is 16.7 Å². The average Bonchev–Trinajstić information content (AvgIpc) is 3.53. The summed E-state index contributed by atoms with van der Waals surface area (Å²) in [6.45, 7) is 12.1. The highest BCUT2D eigenvalue weighted by atomic mass is 28.3. The van der Waals surface area contributed by atoms with Gasteiger partial charge in [0.1, 0.15) is 0 Å². The van der Waals surface area contributed by atoms with Crippen molar-refractivity contribution in [1.29, 1.82) is 0 Å². The van der Waals surface area contributed by atoms with Crippen LogP contribution < -0.4 is 0 Å². The minimum absolute atomic E-state index is 0.147. The molecular weight excluding hydrogens is 485 g/mol. The molecule has 39 heavy (non-hydrogen) atoms. The Morgan fingerprint density at radius 2 is 1.18 bits per heavy atom. The summed E-state index contributed by atoms with van der Waals surface area (Å²) >= 11 is 0. The van der Waals surface area contributed by atoms with Crippen molar-refractivity contribution in [3.05, 3.63) is 83.9 Å². The molecule has 4 saturated carbocycles. The molecule has 6 rings (SSSR count). The summed E-state index contributed by atoms with van der Waals surface area (Å²) in [6, 6.07) is 25.3. The zero-order valence-electron chi connectivity index (χ0n) is 25.2. The maximum Gasteiger partial charge on any atom is 0.0483 e. The van der Waals surface area contributed by atoms with E-state index >= 15 is 0 Å². The first-order chi connectivity index (χ1) is 18.9. The second-order valence-corrected chi connectivity index (χ2v) is 20.9. The Balaban J connectivity index is 1.45. The van der Waals surface area contributed by atoms with Crippen molar-refractivity contribution in [3.8, 4) is 0 Å². The Kier molecular flexibility index (Phi) is 8.02. The van der Waals surface area contributed by atoms with Gasteiger partial charge in [0.15, 0.2) is 0 Å². The lowest BCUT2D eigenvalue weighted by molar-refractivity contribution is 0.0948. The smallest absolute Gasteiger partial charge is 0.0483 e. The molecule has 2 aromatic carbocycles. The molecule has 0 N–H and O–H groups in total. The summed E-state index contributed by atoms with van der Waals surface area (Å²) in [5, 5.41) is 0. The molecule has 6 atom stereocenters. The van der Waals surface area contributed by atoms with Crippen LogP contribution in [0.4, 0.5) is 0 Å². The van der Waals surface area contributed by atoms with Crippen LogP contribution in [0.5, 0.6) is 0 Å². The predicted molar refractivity (Wildman–Crippen MR) is 171 cm³/mol. The monoisotopic (exact) mass is 538 g/mol. The molecule has 1 heteroatoms. The largest absolute Gasteiger partial charge is 0.100 e. The van der Waals surface area contributed by atoms with Crippen LogP contribution in [0.3, 0.4) is 0 Å². The van der Waals surface area contributed by atoms with E-state index in [0.717, 1.165) is 41.4 Å². The highest BCUT2D eigenvalue weighted by molar-refractivity contribution is 6.76. The first-order valence-electron chi connectivity index (χ1n) is 16.7. The molecule has 0 spiro atoms. The topological polar surface area (TPSA) is 0 Å². The van der Waals surface area contributed by atoms with Gasteiger partial charge in [0.25, 0.3) is 0 Å².